The van der Waals surface area contributed by atoms with Gasteiger partial charge in [-0.05, 0) is 13.0 Å². The molecule has 0 aliphatic heterocycles. The molecule has 0 aliphatic rings. The first-order valence-corrected chi connectivity index (χ1v) is 5.23. The van der Waals surface area contributed by atoms with Crippen LogP contribution in [-0.4, -0.2) is 35.2 Å². The second-order valence-electron chi connectivity index (χ2n) is 3.82. The molecule has 104 valence electrons. The van der Waals surface area contributed by atoms with E-state index < -0.39 is 46.7 Å². The number of ether oxygens (including phenoxy) is 1. The van der Waals surface area contributed by atoms with Gasteiger partial charge in [-0.2, -0.15) is 0 Å². The normalized spacial score (nSPS) is 13.8. The van der Waals surface area contributed by atoms with E-state index >= 15 is 0 Å². The first-order valence-electron chi connectivity index (χ1n) is 5.23. The van der Waals surface area contributed by atoms with E-state index in [0.717, 1.165) is 20.1 Å². The molecule has 5 nitrogen and oxygen atoms in total. The van der Waals surface area contributed by atoms with Gasteiger partial charge in [0.15, 0.2) is 11.9 Å². The van der Waals surface area contributed by atoms with Crippen LogP contribution in [-0.2, 0) is 9.53 Å². The van der Waals surface area contributed by atoms with Gasteiger partial charge >= 0.3 is 5.97 Å². The fourth-order valence-electron chi connectivity index (χ4n) is 1.48. The van der Waals surface area contributed by atoms with Crippen molar-refractivity contribution >= 4 is 11.8 Å². The number of carbonyl (C=O) groups is 2. The third-order valence-corrected chi connectivity index (χ3v) is 2.53. The number of hydrogen-bond acceptors (Lipinski definition) is 5. The van der Waals surface area contributed by atoms with Crippen molar-refractivity contribution in [1.29, 1.82) is 0 Å². The van der Waals surface area contributed by atoms with Crippen LogP contribution in [0.25, 0.3) is 0 Å². The standard InChI is InChI=1S/C12H12F2O5/c1-5(15)6-3-7(9(14)4-8(6)13)10(16)11(17)12(18)19-2/h3-4,10-11,16-17H,1-2H3. The highest BCUT2D eigenvalue weighted by Gasteiger charge is 2.29. The molecule has 19 heavy (non-hydrogen) atoms. The minimum absolute atomic E-state index is 0.402. The molecule has 2 atom stereocenters. The van der Waals surface area contributed by atoms with Gasteiger partial charge in [0, 0.05) is 11.6 Å². The number of benzene rings is 1. The molecule has 1 rings (SSSR count). The van der Waals surface area contributed by atoms with Crippen molar-refractivity contribution in [3.8, 4) is 0 Å². The summed E-state index contributed by atoms with van der Waals surface area (Å²) in [7, 11) is 0.973. The van der Waals surface area contributed by atoms with Gasteiger partial charge in [-0.3, -0.25) is 4.79 Å². The number of hydrogen-bond donors (Lipinski definition) is 2. The summed E-state index contributed by atoms with van der Waals surface area (Å²) in [5.41, 5.74) is -1.02. The minimum Gasteiger partial charge on any atom is -0.467 e. The first kappa shape index (κ1) is 15.2. The van der Waals surface area contributed by atoms with E-state index in [-0.39, 0.29) is 0 Å². The first-order chi connectivity index (χ1) is 8.79. The smallest absolute Gasteiger partial charge is 0.337 e. The SMILES string of the molecule is COC(=O)C(O)C(O)c1cc(C(C)=O)c(F)cc1F. The Balaban J connectivity index is 3.23. The second-order valence-corrected chi connectivity index (χ2v) is 3.82. The molecule has 0 amide bonds. The number of methoxy groups -OCH3 is 1. The van der Waals surface area contributed by atoms with Crippen LogP contribution in [0.4, 0.5) is 8.78 Å². The highest BCUT2D eigenvalue weighted by Crippen LogP contribution is 2.24. The van der Waals surface area contributed by atoms with Crippen LogP contribution in [0.2, 0.25) is 0 Å². The highest BCUT2D eigenvalue weighted by molar-refractivity contribution is 5.94. The molecule has 2 unspecified atom stereocenters. The zero-order valence-electron chi connectivity index (χ0n) is 10.2. The van der Waals surface area contributed by atoms with Gasteiger partial charge in [0.05, 0.1) is 12.7 Å². The summed E-state index contributed by atoms with van der Waals surface area (Å²) < 4.78 is 31.0. The number of ketones is 1. The van der Waals surface area contributed by atoms with Crippen molar-refractivity contribution in [2.45, 2.75) is 19.1 Å². The van der Waals surface area contributed by atoms with Crippen LogP contribution in [0.3, 0.4) is 0 Å². The van der Waals surface area contributed by atoms with Crippen molar-refractivity contribution in [3.63, 3.8) is 0 Å². The maximum atomic E-state index is 13.5. The van der Waals surface area contributed by atoms with Gasteiger partial charge in [0.2, 0.25) is 0 Å². The Bertz CT molecular complexity index is 515. The highest BCUT2D eigenvalue weighted by atomic mass is 19.1. The lowest BCUT2D eigenvalue weighted by atomic mass is 9.99. The molecule has 0 fully saturated rings. The summed E-state index contributed by atoms with van der Waals surface area (Å²) in [5, 5.41) is 19.0. The third kappa shape index (κ3) is 3.12. The van der Waals surface area contributed by atoms with Crippen molar-refractivity contribution in [2.75, 3.05) is 7.11 Å². The Morgan fingerprint density at radius 3 is 2.26 bits per heavy atom. The van der Waals surface area contributed by atoms with E-state index in [1.807, 2.05) is 0 Å². The zero-order valence-corrected chi connectivity index (χ0v) is 10.2. The van der Waals surface area contributed by atoms with Gasteiger partial charge in [-0.15, -0.1) is 0 Å². The zero-order chi connectivity index (χ0) is 14.7. The molecule has 0 saturated carbocycles. The molecule has 7 heteroatoms. The van der Waals surface area contributed by atoms with Crippen LogP contribution in [0.5, 0.6) is 0 Å². The molecule has 1 aromatic rings. The maximum absolute atomic E-state index is 13.5. The molecule has 0 aliphatic carbocycles. The maximum Gasteiger partial charge on any atom is 0.337 e. The Labute approximate surface area is 107 Å². The third-order valence-electron chi connectivity index (χ3n) is 2.53. The second kappa shape index (κ2) is 5.85. The Hall–Kier alpha value is -1.86. The molecule has 0 spiro atoms. The number of carbonyl (C=O) groups excluding carboxylic acids is 2. The number of aliphatic hydroxyl groups excluding tert-OH is 2. The molecular formula is C12H12F2O5. The average molecular weight is 274 g/mol. The average Bonchev–Trinajstić information content (AvgIpc) is 2.35. The fraction of sp³-hybridized carbons (Fsp3) is 0.333. The Kier molecular flexibility index (Phi) is 4.68. The van der Waals surface area contributed by atoms with Gasteiger partial charge in [0.1, 0.15) is 17.7 Å². The predicted molar refractivity (Wildman–Crippen MR) is 59.3 cm³/mol. The quantitative estimate of drug-likeness (QED) is 0.625. The van der Waals surface area contributed by atoms with Gasteiger partial charge in [-0.25, -0.2) is 13.6 Å². The van der Waals surface area contributed by atoms with Crippen molar-refractivity contribution in [3.05, 3.63) is 34.9 Å². The van der Waals surface area contributed by atoms with Gasteiger partial charge in [-0.1, -0.05) is 0 Å². The molecular weight excluding hydrogens is 262 g/mol. The molecule has 1 aromatic carbocycles. The fourth-order valence-corrected chi connectivity index (χ4v) is 1.48. The summed E-state index contributed by atoms with van der Waals surface area (Å²) in [6, 6.07) is 1.16. The summed E-state index contributed by atoms with van der Waals surface area (Å²) in [6.07, 6.45) is -4.00. The topological polar surface area (TPSA) is 83.8 Å². The van der Waals surface area contributed by atoms with E-state index in [1.54, 1.807) is 0 Å². The molecule has 0 aromatic heterocycles. The molecule has 0 saturated heterocycles. The summed E-state index contributed by atoms with van der Waals surface area (Å²) in [6.45, 7) is 1.06. The van der Waals surface area contributed by atoms with Crippen LogP contribution in [0.15, 0.2) is 12.1 Å². The van der Waals surface area contributed by atoms with Crippen LogP contribution in [0.1, 0.15) is 28.9 Å². The Morgan fingerprint density at radius 1 is 1.21 bits per heavy atom. The van der Waals surface area contributed by atoms with Gasteiger partial charge < -0.3 is 14.9 Å². The number of aliphatic hydroxyl groups is 2. The van der Waals surface area contributed by atoms with E-state index in [0.29, 0.717) is 6.07 Å². The summed E-state index contributed by atoms with van der Waals surface area (Å²) in [4.78, 5) is 22.1. The predicted octanol–water partition coefficient (Wildman–Crippen LogP) is 0.735. The van der Waals surface area contributed by atoms with Gasteiger partial charge in [0.25, 0.3) is 0 Å². The number of esters is 1. The lowest BCUT2D eigenvalue weighted by molar-refractivity contribution is -0.156. The molecule has 0 heterocycles. The van der Waals surface area contributed by atoms with E-state index in [4.69, 9.17) is 0 Å². The lowest BCUT2D eigenvalue weighted by Crippen LogP contribution is -2.29. The van der Waals surface area contributed by atoms with E-state index in [1.165, 1.54) is 0 Å². The summed E-state index contributed by atoms with van der Waals surface area (Å²) >= 11 is 0. The van der Waals surface area contributed by atoms with Crippen LogP contribution < -0.4 is 0 Å². The number of Topliss-reactive ketones (excluding diaryl/α,β-unsaturated/α-hetero) is 1. The van der Waals surface area contributed by atoms with Crippen LogP contribution >= 0.6 is 0 Å². The van der Waals surface area contributed by atoms with E-state index in [9.17, 15) is 28.6 Å². The van der Waals surface area contributed by atoms with E-state index in [2.05, 4.69) is 4.74 Å². The summed E-state index contributed by atoms with van der Waals surface area (Å²) in [5.74, 6) is -4.13. The molecule has 0 bridgehead atoms. The lowest BCUT2D eigenvalue weighted by Gasteiger charge is -2.17. The minimum atomic E-state index is -2.04. The van der Waals surface area contributed by atoms with Crippen molar-refractivity contribution in [1.82, 2.24) is 0 Å². The van der Waals surface area contributed by atoms with Crippen LogP contribution in [0, 0.1) is 11.6 Å². The largest absolute Gasteiger partial charge is 0.467 e. The Morgan fingerprint density at radius 2 is 1.79 bits per heavy atom. The van der Waals surface area contributed by atoms with Crippen molar-refractivity contribution < 1.29 is 33.3 Å². The molecule has 2 N–H and O–H groups in total. The monoisotopic (exact) mass is 274 g/mol. The van der Waals surface area contributed by atoms with Crippen molar-refractivity contribution in [2.24, 2.45) is 0 Å². The number of halogens is 2. The number of rotatable bonds is 4. The molecule has 0 radical (unpaired) electrons.